The number of benzene rings is 2. The molecule has 8 fully saturated rings. The first-order valence-electron chi connectivity index (χ1n) is 43.3. The van der Waals surface area contributed by atoms with Crippen LogP contribution in [-0.2, 0) is 105 Å². The van der Waals surface area contributed by atoms with Crippen molar-refractivity contribution in [3.63, 3.8) is 0 Å². The van der Waals surface area contributed by atoms with Crippen molar-refractivity contribution < 1.29 is 99.2 Å². The Hall–Kier alpha value is -0.962. The van der Waals surface area contributed by atoms with Gasteiger partial charge >= 0.3 is 99.2 Å². The number of nitrogens with zero attached hydrogens (tertiary/aromatic N) is 1. The first-order valence-corrected chi connectivity index (χ1v) is 49.5. The molecule has 121 heavy (non-hydrogen) atoms. The monoisotopic (exact) mass is 2220 g/mol. The summed E-state index contributed by atoms with van der Waals surface area (Å²) in [5, 5.41) is 0. The molecule has 2 aromatic rings. The van der Waals surface area contributed by atoms with Crippen LogP contribution in [0, 0.1) is 222 Å². The molecule has 0 amide bonds. The molecule has 8 saturated carbocycles. The molecule has 0 bridgehead atoms. The van der Waals surface area contributed by atoms with E-state index in [4.69, 9.17) is 4.98 Å². The van der Waals surface area contributed by atoms with Gasteiger partial charge in [-0.1, -0.05) is 413 Å². The Balaban J connectivity index is -0.000000226. The third-order valence-corrected chi connectivity index (χ3v) is 39.3. The second kappa shape index (κ2) is 60.9. The average Bonchev–Trinajstić information content (AvgIpc) is 1.57. The van der Waals surface area contributed by atoms with Crippen molar-refractivity contribution >= 4 is 16.3 Å². The molecule has 7 heteroatoms. The molecule has 16 rings (SSSR count). The number of hydrogen-bond acceptors (Lipinski definition) is 0. The molecule has 0 spiro atoms. The standard InChI is InChI=1S/C31H32.C31H48.C20H28Si.C15H30NSi.C2H6.15CH3.3Hf.Ti/c1-3-13-23(14-4-1)31(25-17-7-8-18-25,24-15-5-2-6-16-24)30-28-21-11-9-19-26(28)27-20-10-12-22-29(27)30;1-9-31(10-2,21-13-11-12-14-21)28-26-19-22(29(3,4)5)15-17-24(26)25-18-16-23(20-27(25)28)30(6,7)8;1-21(2,19-13-11-15-7-3-5-9-17(15)19)20-14-12-16-8-4-6-10-18(16)20;1-17(2,15-12-8-9-13-15)16-14-10-6-4-3-5-7-11-14;1-2;;;;;;;;;;;;;;;;;;;/h1-6,9-16,19-22,25-30H,7-8,17-18H2;15-21,24-28H,9-14H2,1-8H3;3-10,15-20H,11-14H2,1-2H3;14-15H,3-13H2,1-2H3;1-2H3;15*1H3;;;;/q;;;-1;;15*-1;4*+4. The molecule has 0 N–H and O–H groups in total. The number of rotatable bonds is 13. The minimum Gasteiger partial charge on any atom is -0.662 e. The molecule has 1 nitrogen and oxygen atoms in total. The Kier molecular flexibility index (Phi) is 68.2. The molecule has 2 aromatic carbocycles. The van der Waals surface area contributed by atoms with E-state index in [1.54, 1.807) is 11.1 Å². The van der Waals surface area contributed by atoms with E-state index in [0.717, 1.165) is 58.2 Å². The summed E-state index contributed by atoms with van der Waals surface area (Å²) in [6.45, 7) is 33.9. The predicted octanol–water partition coefficient (Wildman–Crippen LogP) is 35.8. The van der Waals surface area contributed by atoms with Crippen LogP contribution in [0.25, 0.3) is 4.98 Å². The maximum absolute atomic E-state index is 5.39. The number of allylic oxidation sites excluding steroid dienone is 24. The zero-order valence-electron chi connectivity index (χ0n) is 84.1. The van der Waals surface area contributed by atoms with Gasteiger partial charge in [0.2, 0.25) is 0 Å². The van der Waals surface area contributed by atoms with Gasteiger partial charge in [0.15, 0.2) is 0 Å². The fourth-order valence-electron chi connectivity index (χ4n) is 25.4. The Morgan fingerprint density at radius 2 is 0.636 bits per heavy atom. The van der Waals surface area contributed by atoms with Gasteiger partial charge in [-0.25, -0.2) is 0 Å². The van der Waals surface area contributed by atoms with Crippen LogP contribution < -0.4 is 0 Å². The van der Waals surface area contributed by atoms with Crippen molar-refractivity contribution in [2.24, 2.45) is 111 Å². The van der Waals surface area contributed by atoms with E-state index in [1.807, 2.05) is 13.8 Å². The molecule has 0 radical (unpaired) electrons. The van der Waals surface area contributed by atoms with Crippen LogP contribution in [-0.4, -0.2) is 22.4 Å². The molecule has 0 aromatic heterocycles. The largest absolute Gasteiger partial charge is 4.00 e. The Labute approximate surface area is 835 Å². The molecule has 674 valence electrons. The predicted molar refractivity (Wildman–Crippen MR) is 546 cm³/mol. The molecule has 14 unspecified atom stereocenters. The van der Waals surface area contributed by atoms with Crippen LogP contribution in [0.15, 0.2) is 205 Å². The van der Waals surface area contributed by atoms with Crippen LogP contribution in [0.4, 0.5) is 0 Å². The summed E-state index contributed by atoms with van der Waals surface area (Å²) in [6.07, 6.45) is 89.9. The summed E-state index contributed by atoms with van der Waals surface area (Å²) in [5.74, 6) is 11.5. The summed E-state index contributed by atoms with van der Waals surface area (Å²) in [5.41, 5.74) is 10.2. The molecule has 14 aliphatic rings. The third kappa shape index (κ3) is 29.5. The number of hydrogen-bond donors (Lipinski definition) is 0. The molecule has 0 saturated heterocycles. The van der Waals surface area contributed by atoms with E-state index < -0.39 is 16.3 Å². The first-order chi connectivity index (χ1) is 49.3. The van der Waals surface area contributed by atoms with Gasteiger partial charge in [-0.3, -0.25) is 0 Å². The van der Waals surface area contributed by atoms with Crippen molar-refractivity contribution in [1.82, 2.24) is 0 Å². The number of fused-ring (bicyclic) bond motifs is 8. The second-order valence-electron chi connectivity index (χ2n) is 38.2. The molecule has 0 aliphatic heterocycles. The zero-order chi connectivity index (χ0) is 71.9. The van der Waals surface area contributed by atoms with Gasteiger partial charge in [0.1, 0.15) is 0 Å². The minimum atomic E-state index is -1.27. The normalized spacial score (nSPS) is 28.1. The van der Waals surface area contributed by atoms with E-state index in [9.17, 15) is 0 Å². The topological polar surface area (TPSA) is 14.1 Å². The van der Waals surface area contributed by atoms with Crippen LogP contribution in [0.5, 0.6) is 0 Å². The maximum Gasteiger partial charge on any atom is 4.00 e. The van der Waals surface area contributed by atoms with E-state index in [0.29, 0.717) is 64.6 Å². The Morgan fingerprint density at radius 1 is 0.331 bits per heavy atom. The second-order valence-corrected chi connectivity index (χ2v) is 47.7. The summed E-state index contributed by atoms with van der Waals surface area (Å²) in [7, 11) is -2.50. The van der Waals surface area contributed by atoms with Crippen molar-refractivity contribution in [3.05, 3.63) is 333 Å². The first kappa shape index (κ1) is 136. The quantitative estimate of drug-likeness (QED) is 0.140. The third-order valence-electron chi connectivity index (χ3n) is 30.5. The average molecular weight is 2210 g/mol. The van der Waals surface area contributed by atoms with Crippen molar-refractivity contribution in [2.75, 3.05) is 0 Å². The van der Waals surface area contributed by atoms with E-state index in [2.05, 4.69) is 276 Å². The maximum atomic E-state index is 5.39. The van der Waals surface area contributed by atoms with Gasteiger partial charge in [-0.05, 0) is 196 Å². The van der Waals surface area contributed by atoms with Crippen LogP contribution in [0.3, 0.4) is 0 Å². The van der Waals surface area contributed by atoms with Crippen LogP contribution in [0.1, 0.15) is 241 Å². The minimum absolute atomic E-state index is 0. The Morgan fingerprint density at radius 3 is 0.992 bits per heavy atom. The van der Waals surface area contributed by atoms with Crippen molar-refractivity contribution in [2.45, 2.75) is 284 Å². The van der Waals surface area contributed by atoms with E-state index >= 15 is 0 Å². The van der Waals surface area contributed by atoms with Gasteiger partial charge in [-0.15, -0.1) is 6.04 Å². The van der Waals surface area contributed by atoms with Gasteiger partial charge in [-0.2, -0.15) is 0 Å². The van der Waals surface area contributed by atoms with E-state index in [-0.39, 0.29) is 227 Å². The smallest absolute Gasteiger partial charge is 0.662 e. The van der Waals surface area contributed by atoms with Gasteiger partial charge in [0.05, 0.1) is 8.07 Å². The van der Waals surface area contributed by atoms with Crippen LogP contribution >= 0.6 is 0 Å². The summed E-state index contributed by atoms with van der Waals surface area (Å²) < 4.78 is 0. The fraction of sp³-hybridized carbons (Fsp3) is 0.553. The SMILES string of the molecule is C1=CC2C3C=CC=CC3C(C(c3ccccc3)(c3ccccc3)C3CCCC3)C2C=C1.CC.CCC(CC)(C1CCCC1)C1C2C=C(C(C)(C)C)C=CC2C2C=CC(C(C)(C)C)=CC21.C[Si](C)(C1CCC2C=CC=CC21)C1CCC2C=CC=CC21.C[Si](C)([N-]C1CCCCCCC1)C1CCCC1.[CH3-].[CH3-].[CH3-].[CH3-].[CH3-].[CH3-].[CH3-].[CH3-].[CH3-].[CH3-].[CH3-].[CH3-].[CH3-].[CH3-].[CH3-].[Hf+4].[Hf+4].[Hf+4].[Ti+4]. The summed E-state index contributed by atoms with van der Waals surface area (Å²) >= 11 is 0. The fourth-order valence-corrected chi connectivity index (χ4v) is 33.7. The van der Waals surface area contributed by atoms with Gasteiger partial charge in [0.25, 0.3) is 0 Å². The van der Waals surface area contributed by atoms with Gasteiger partial charge in [0, 0.05) is 5.41 Å². The van der Waals surface area contributed by atoms with E-state index in [1.165, 1.54) is 172 Å². The molecular formula is C114H189Hf3NSi2Ti. The molecule has 14 atom stereocenters. The summed E-state index contributed by atoms with van der Waals surface area (Å²) in [4.78, 5) is 5.39. The Bertz CT molecular complexity index is 3240. The zero-order valence-corrected chi connectivity index (χ0v) is 98.5. The van der Waals surface area contributed by atoms with Gasteiger partial charge < -0.3 is 116 Å². The summed E-state index contributed by atoms with van der Waals surface area (Å²) in [6, 6.07) is 23.9. The van der Waals surface area contributed by atoms with Crippen molar-refractivity contribution in [1.29, 1.82) is 0 Å². The molecule has 0 heterocycles. The van der Waals surface area contributed by atoms with Crippen molar-refractivity contribution in [3.8, 4) is 0 Å². The molecular weight excluding hydrogens is 2020 g/mol. The van der Waals surface area contributed by atoms with Crippen LogP contribution in [0.2, 0.25) is 42.8 Å². The molecule has 14 aliphatic carbocycles.